The lowest BCUT2D eigenvalue weighted by molar-refractivity contribution is -0.120. The highest BCUT2D eigenvalue weighted by atomic mass is 19.1. The van der Waals surface area contributed by atoms with Crippen molar-refractivity contribution < 1.29 is 18.4 Å². The van der Waals surface area contributed by atoms with Gasteiger partial charge in [-0.1, -0.05) is 62.4 Å². The maximum absolute atomic E-state index is 15.4. The van der Waals surface area contributed by atoms with Gasteiger partial charge in [-0.25, -0.2) is 8.78 Å². The summed E-state index contributed by atoms with van der Waals surface area (Å²) in [6.07, 6.45) is 1.54. The van der Waals surface area contributed by atoms with Crippen LogP contribution in [0.5, 0.6) is 0 Å². The van der Waals surface area contributed by atoms with E-state index < -0.39 is 17.7 Å². The minimum atomic E-state index is -0.898. The molecule has 0 saturated heterocycles. The number of rotatable bonds is 6. The molecule has 1 heterocycles. The number of fused-ring (bicyclic) bond motifs is 1. The number of carbonyl (C=O) groups excluding carboxylic acids is 2. The predicted octanol–water partition coefficient (Wildman–Crippen LogP) is 5.94. The Hall–Kier alpha value is -4.00. The van der Waals surface area contributed by atoms with Crippen LogP contribution in [0.3, 0.4) is 0 Å². The van der Waals surface area contributed by atoms with Gasteiger partial charge in [0.2, 0.25) is 5.91 Å². The minimum absolute atomic E-state index is 0.109. The van der Waals surface area contributed by atoms with E-state index in [1.807, 2.05) is 68.4 Å². The van der Waals surface area contributed by atoms with Gasteiger partial charge in [-0.15, -0.1) is 0 Å². The first-order valence-corrected chi connectivity index (χ1v) is 12.9. The van der Waals surface area contributed by atoms with Gasteiger partial charge in [0.1, 0.15) is 11.6 Å². The third kappa shape index (κ3) is 5.32. The van der Waals surface area contributed by atoms with Crippen LogP contribution >= 0.6 is 0 Å². The van der Waals surface area contributed by atoms with E-state index in [0.717, 1.165) is 17.3 Å². The molecule has 1 aliphatic carbocycles. The summed E-state index contributed by atoms with van der Waals surface area (Å²) in [5.74, 6) is -1.82. The van der Waals surface area contributed by atoms with Crippen molar-refractivity contribution in [3.8, 4) is 0 Å². The number of amides is 1. The van der Waals surface area contributed by atoms with Crippen LogP contribution in [-0.4, -0.2) is 24.8 Å². The molecule has 5 rings (SSSR count). The second-order valence-corrected chi connectivity index (χ2v) is 10.8. The quantitative estimate of drug-likeness (QED) is 0.427. The number of nitrogens with zero attached hydrogens (tertiary/aromatic N) is 1. The summed E-state index contributed by atoms with van der Waals surface area (Å²) >= 11 is 0. The van der Waals surface area contributed by atoms with Crippen LogP contribution in [0.4, 0.5) is 20.2 Å². The molecular weight excluding hydrogens is 484 g/mol. The van der Waals surface area contributed by atoms with Crippen LogP contribution in [0, 0.1) is 17.0 Å². The average Bonchev–Trinajstić information content (AvgIpc) is 2.98. The molecule has 7 heteroatoms. The van der Waals surface area contributed by atoms with E-state index in [9.17, 15) is 14.0 Å². The zero-order valence-electron chi connectivity index (χ0n) is 21.6. The first-order chi connectivity index (χ1) is 18.2. The van der Waals surface area contributed by atoms with E-state index in [4.69, 9.17) is 0 Å². The number of halogens is 2. The van der Waals surface area contributed by atoms with Gasteiger partial charge in [0.05, 0.1) is 24.0 Å². The molecule has 0 aromatic heterocycles. The highest BCUT2D eigenvalue weighted by Gasteiger charge is 2.42. The second kappa shape index (κ2) is 10.4. The van der Waals surface area contributed by atoms with Crippen molar-refractivity contribution in [2.75, 3.05) is 23.3 Å². The molecule has 0 radical (unpaired) electrons. The molecule has 1 aliphatic heterocycles. The molecule has 3 aromatic carbocycles. The molecule has 5 nitrogen and oxygen atoms in total. The van der Waals surface area contributed by atoms with Crippen LogP contribution < -0.4 is 15.5 Å². The molecule has 38 heavy (non-hydrogen) atoms. The Morgan fingerprint density at radius 1 is 1.03 bits per heavy atom. The van der Waals surface area contributed by atoms with Crippen LogP contribution in [0.1, 0.15) is 43.9 Å². The summed E-state index contributed by atoms with van der Waals surface area (Å²) in [7, 11) is 0. The fraction of sp³-hybridized carbons (Fsp3) is 0.290. The topological polar surface area (TPSA) is 61.4 Å². The van der Waals surface area contributed by atoms with Crippen molar-refractivity contribution in [1.82, 2.24) is 5.32 Å². The monoisotopic (exact) mass is 515 g/mol. The Balaban J connectivity index is 1.55. The number of hydrogen-bond acceptors (Lipinski definition) is 4. The number of carbonyl (C=O) groups is 2. The molecule has 1 unspecified atom stereocenters. The van der Waals surface area contributed by atoms with Gasteiger partial charge in [0, 0.05) is 35.9 Å². The SMILES string of the molecule is CC1(C)CC(=O)C2=C(C1)Nc1ccccc1N(CC(=O)NCCc1ccccc1)C2c1ccc(F)cc1F. The zero-order chi connectivity index (χ0) is 26.9. The van der Waals surface area contributed by atoms with Gasteiger partial charge in [0.15, 0.2) is 5.78 Å². The number of ketones is 1. The number of anilines is 2. The fourth-order valence-electron chi connectivity index (χ4n) is 5.48. The first kappa shape index (κ1) is 25.6. The van der Waals surface area contributed by atoms with Gasteiger partial charge in [-0.05, 0) is 42.0 Å². The minimum Gasteiger partial charge on any atom is -0.357 e. The Morgan fingerprint density at radius 3 is 2.53 bits per heavy atom. The Morgan fingerprint density at radius 2 is 1.76 bits per heavy atom. The summed E-state index contributed by atoms with van der Waals surface area (Å²) in [6, 6.07) is 19.8. The van der Waals surface area contributed by atoms with Gasteiger partial charge < -0.3 is 15.5 Å². The molecule has 3 aromatic rings. The molecule has 196 valence electrons. The Kier molecular flexibility index (Phi) is 7.02. The molecule has 1 amide bonds. The first-order valence-electron chi connectivity index (χ1n) is 12.9. The van der Waals surface area contributed by atoms with Crippen molar-refractivity contribution in [2.24, 2.45) is 5.41 Å². The molecular formula is C31H31F2N3O2. The normalized spacial score (nSPS) is 18.3. The van der Waals surface area contributed by atoms with E-state index in [1.165, 1.54) is 12.1 Å². The van der Waals surface area contributed by atoms with Gasteiger partial charge in [0.25, 0.3) is 0 Å². The van der Waals surface area contributed by atoms with Crippen molar-refractivity contribution in [1.29, 1.82) is 0 Å². The van der Waals surface area contributed by atoms with Crippen molar-refractivity contribution in [3.05, 3.63) is 107 Å². The second-order valence-electron chi connectivity index (χ2n) is 10.8. The lowest BCUT2D eigenvalue weighted by Gasteiger charge is -2.38. The highest BCUT2D eigenvalue weighted by Crippen LogP contribution is 2.48. The summed E-state index contributed by atoms with van der Waals surface area (Å²) < 4.78 is 29.3. The lowest BCUT2D eigenvalue weighted by atomic mass is 9.73. The number of nitrogens with one attached hydrogen (secondary N) is 2. The van der Waals surface area contributed by atoms with Crippen LogP contribution in [0.2, 0.25) is 0 Å². The van der Waals surface area contributed by atoms with Gasteiger partial charge in [-0.3, -0.25) is 9.59 Å². The largest absolute Gasteiger partial charge is 0.357 e. The van der Waals surface area contributed by atoms with E-state index in [-0.39, 0.29) is 29.2 Å². The molecule has 2 aliphatic rings. The standard InChI is InChI=1S/C31H31F2N3O2/c1-31(2)17-25-29(27(37)18-31)30(22-13-12-21(32)16-23(22)33)36(26-11-7-6-10-24(26)35-25)19-28(38)34-15-14-20-8-4-3-5-9-20/h3-13,16,30,35H,14-15,17-19H2,1-2H3,(H,34,38). The van der Waals surface area contributed by atoms with Crippen LogP contribution in [0.25, 0.3) is 0 Å². The third-order valence-electron chi connectivity index (χ3n) is 7.15. The molecule has 0 bridgehead atoms. The highest BCUT2D eigenvalue weighted by molar-refractivity contribution is 6.01. The van der Waals surface area contributed by atoms with Crippen molar-refractivity contribution >= 4 is 23.1 Å². The Bertz CT molecular complexity index is 1400. The number of para-hydroxylation sites is 2. The number of hydrogen-bond donors (Lipinski definition) is 2. The van der Waals surface area contributed by atoms with Crippen molar-refractivity contribution in [2.45, 2.75) is 39.2 Å². The molecule has 0 saturated carbocycles. The molecule has 0 fully saturated rings. The third-order valence-corrected chi connectivity index (χ3v) is 7.15. The van der Waals surface area contributed by atoms with Crippen LogP contribution in [0.15, 0.2) is 84.1 Å². The van der Waals surface area contributed by atoms with E-state index >= 15 is 4.39 Å². The molecule has 2 N–H and O–H groups in total. The Labute approximate surface area is 221 Å². The summed E-state index contributed by atoms with van der Waals surface area (Å²) in [5, 5.41) is 6.40. The smallest absolute Gasteiger partial charge is 0.239 e. The number of allylic oxidation sites excluding steroid dienone is 1. The van der Waals surface area contributed by atoms with Gasteiger partial charge in [-0.2, -0.15) is 0 Å². The maximum atomic E-state index is 15.4. The number of Topliss-reactive ketones (excluding diaryl/α,β-unsaturated/α-hetero) is 1. The maximum Gasteiger partial charge on any atom is 0.239 e. The van der Waals surface area contributed by atoms with E-state index in [2.05, 4.69) is 10.6 Å². The lowest BCUT2D eigenvalue weighted by Crippen LogP contribution is -2.42. The fourth-order valence-corrected chi connectivity index (χ4v) is 5.48. The zero-order valence-corrected chi connectivity index (χ0v) is 21.6. The number of benzene rings is 3. The molecule has 1 atom stereocenters. The summed E-state index contributed by atoms with van der Waals surface area (Å²) in [4.78, 5) is 28.7. The summed E-state index contributed by atoms with van der Waals surface area (Å²) in [5.41, 5.74) is 3.50. The average molecular weight is 516 g/mol. The van der Waals surface area contributed by atoms with Gasteiger partial charge >= 0.3 is 0 Å². The van der Waals surface area contributed by atoms with E-state index in [1.54, 1.807) is 4.90 Å². The summed E-state index contributed by atoms with van der Waals surface area (Å²) in [6.45, 7) is 4.38. The molecule has 0 spiro atoms. The predicted molar refractivity (Wildman–Crippen MR) is 145 cm³/mol. The van der Waals surface area contributed by atoms with Crippen molar-refractivity contribution in [3.63, 3.8) is 0 Å². The van der Waals surface area contributed by atoms with E-state index in [0.29, 0.717) is 42.8 Å². The van der Waals surface area contributed by atoms with Crippen LogP contribution in [-0.2, 0) is 16.0 Å².